The zero-order valence-corrected chi connectivity index (χ0v) is 31.3. The Morgan fingerprint density at radius 2 is 1.60 bits per heavy atom. The number of benzene rings is 3. The monoisotopic (exact) mass is 702 g/mol. The number of ketones is 1. The molecule has 0 heterocycles. The van der Waals surface area contributed by atoms with E-state index in [4.69, 9.17) is 4.74 Å². The number of allylic oxidation sites excluding steroid dienone is 4. The van der Waals surface area contributed by atoms with E-state index in [1.54, 1.807) is 7.11 Å². The number of nitrogens with zero attached hydrogens (tertiary/aromatic N) is 1. The Kier molecular flexibility index (Phi) is 8.31. The molecule has 0 aromatic heterocycles. The molecule has 2 spiro atoms. The highest BCUT2D eigenvalue weighted by atomic mass is 16.5. The number of rotatable bonds is 8. The number of urea groups is 1. The van der Waals surface area contributed by atoms with Crippen LogP contribution in [0.2, 0.25) is 0 Å². The SMILES string of the molecule is COc1ccc(C(=O)C2=C[C@@]34C=C[C@@]25[C@@H]2CC[C@@](O)(CN(Cc6cccc7ccccc67)C(=O)NC(C)C)[C@@]2(C)CC[C@@H]5[C@@]3(C)CCC(O)C4)cc1. The molecule has 3 aromatic rings. The van der Waals surface area contributed by atoms with Crippen molar-refractivity contribution in [2.24, 2.45) is 33.5 Å². The van der Waals surface area contributed by atoms with Crippen LogP contribution < -0.4 is 10.1 Å². The number of carbonyl (C=O) groups excluding carboxylic acids is 2. The number of amides is 2. The number of aliphatic hydroxyl groups excluding tert-OH is 1. The molecule has 2 amide bonds. The van der Waals surface area contributed by atoms with Crippen LogP contribution in [0.1, 0.15) is 88.6 Å². The number of Topliss-reactive ketones (excluding diaryl/α,β-unsaturated/α-hetero) is 1. The van der Waals surface area contributed by atoms with E-state index in [1.807, 2.05) is 61.2 Å². The summed E-state index contributed by atoms with van der Waals surface area (Å²) in [6.45, 7) is 9.14. The van der Waals surface area contributed by atoms with Crippen LogP contribution in [0.15, 0.2) is 90.5 Å². The molecule has 0 aliphatic heterocycles. The summed E-state index contributed by atoms with van der Waals surface area (Å²) in [6, 6.07) is 21.6. The van der Waals surface area contributed by atoms with Crippen molar-refractivity contribution < 1.29 is 24.5 Å². The predicted molar refractivity (Wildman–Crippen MR) is 204 cm³/mol. The number of nitrogens with one attached hydrogen (secondary N) is 1. The lowest BCUT2D eigenvalue weighted by atomic mass is 9.32. The first-order valence-electron chi connectivity index (χ1n) is 19.3. The molecule has 1 unspecified atom stereocenters. The second-order valence-electron chi connectivity index (χ2n) is 17.5. The summed E-state index contributed by atoms with van der Waals surface area (Å²) < 4.78 is 5.42. The van der Waals surface area contributed by atoms with Crippen LogP contribution in [0.3, 0.4) is 0 Å². The summed E-state index contributed by atoms with van der Waals surface area (Å²) in [7, 11) is 1.63. The van der Waals surface area contributed by atoms with Gasteiger partial charge in [0.1, 0.15) is 5.75 Å². The van der Waals surface area contributed by atoms with Gasteiger partial charge in [-0.25, -0.2) is 4.79 Å². The number of methoxy groups -OCH3 is 1. The summed E-state index contributed by atoms with van der Waals surface area (Å²) in [6.07, 6.45) is 11.8. The van der Waals surface area contributed by atoms with Gasteiger partial charge >= 0.3 is 6.03 Å². The maximum absolute atomic E-state index is 14.9. The third-order valence-electron chi connectivity index (χ3n) is 14.7. The number of fused-ring (bicyclic) bond motifs is 2. The molecule has 3 fully saturated rings. The van der Waals surface area contributed by atoms with E-state index in [9.17, 15) is 19.8 Å². The first-order chi connectivity index (χ1) is 24.8. The molecule has 7 nitrogen and oxygen atoms in total. The molecule has 3 saturated carbocycles. The Hall–Kier alpha value is -3.94. The summed E-state index contributed by atoms with van der Waals surface area (Å²) in [5.41, 5.74) is -0.341. The zero-order chi connectivity index (χ0) is 36.7. The predicted octanol–water partition coefficient (Wildman–Crippen LogP) is 8.24. The normalized spacial score (nSPS) is 35.8. The van der Waals surface area contributed by atoms with E-state index < -0.39 is 27.9 Å². The highest BCUT2D eigenvalue weighted by Gasteiger charge is 2.74. The summed E-state index contributed by atoms with van der Waals surface area (Å²) in [5.74, 6) is 0.903. The van der Waals surface area contributed by atoms with Crippen LogP contribution in [0.5, 0.6) is 5.75 Å². The number of aliphatic hydroxyl groups is 2. The van der Waals surface area contributed by atoms with Gasteiger partial charge in [-0.1, -0.05) is 74.5 Å². The summed E-state index contributed by atoms with van der Waals surface area (Å²) in [5, 5.41) is 29.5. The van der Waals surface area contributed by atoms with Gasteiger partial charge in [-0.2, -0.15) is 0 Å². The van der Waals surface area contributed by atoms with Gasteiger partial charge in [-0.15, -0.1) is 0 Å². The van der Waals surface area contributed by atoms with Gasteiger partial charge in [0.15, 0.2) is 5.78 Å². The lowest BCUT2D eigenvalue weighted by Gasteiger charge is -2.71. The molecule has 9 rings (SSSR count). The topological polar surface area (TPSA) is 99.1 Å². The second kappa shape index (κ2) is 12.3. The molecule has 2 bridgehead atoms. The van der Waals surface area contributed by atoms with Crippen molar-refractivity contribution >= 4 is 22.6 Å². The van der Waals surface area contributed by atoms with Gasteiger partial charge in [0.2, 0.25) is 0 Å². The van der Waals surface area contributed by atoms with Crippen molar-refractivity contribution in [3.63, 3.8) is 0 Å². The van der Waals surface area contributed by atoms with Crippen molar-refractivity contribution in [3.8, 4) is 5.75 Å². The van der Waals surface area contributed by atoms with E-state index in [1.165, 1.54) is 0 Å². The number of hydrogen-bond acceptors (Lipinski definition) is 5. The lowest BCUT2D eigenvalue weighted by Crippen LogP contribution is -2.67. The van der Waals surface area contributed by atoms with Gasteiger partial charge in [-0.3, -0.25) is 4.79 Å². The van der Waals surface area contributed by atoms with E-state index in [2.05, 4.69) is 61.7 Å². The maximum Gasteiger partial charge on any atom is 0.317 e. The third-order valence-corrected chi connectivity index (χ3v) is 14.7. The van der Waals surface area contributed by atoms with E-state index >= 15 is 0 Å². The van der Waals surface area contributed by atoms with Crippen molar-refractivity contribution in [1.82, 2.24) is 10.2 Å². The van der Waals surface area contributed by atoms with Crippen LogP contribution in [-0.4, -0.2) is 58.3 Å². The minimum Gasteiger partial charge on any atom is -0.497 e. The molecule has 0 saturated heterocycles. The molecule has 7 heteroatoms. The molecule has 8 atom stereocenters. The summed E-state index contributed by atoms with van der Waals surface area (Å²) in [4.78, 5) is 30.7. The maximum atomic E-state index is 14.9. The van der Waals surface area contributed by atoms with Crippen molar-refractivity contribution in [1.29, 1.82) is 0 Å². The minimum atomic E-state index is -1.17. The Bertz CT molecular complexity index is 1960. The Morgan fingerprint density at radius 3 is 2.35 bits per heavy atom. The Balaban J connectivity index is 1.20. The van der Waals surface area contributed by atoms with Crippen LogP contribution in [0.25, 0.3) is 10.8 Å². The fourth-order valence-electron chi connectivity index (χ4n) is 12.0. The standard InChI is InChI=1S/C45H54N2O5/c1-29(2)46-40(50)47(27-32-11-8-10-30-9-6-7-12-35(30)32)28-44(51)22-19-38-42(44,4)21-18-37-41(3)20-17-33(48)25-43(41)23-24-45(37,38)36(26-43)39(49)31-13-15-34(52-5)16-14-31/h6-16,23-24,26,29,33,37-38,48,51H,17-22,25,27-28H2,1-5H3,(H,46,50)/t33?,37-,38-,41-,42+,43+,44-,45-/m1/s1. The fraction of sp³-hybridized carbons (Fsp3) is 0.511. The van der Waals surface area contributed by atoms with Gasteiger partial charge in [0.05, 0.1) is 25.4 Å². The average Bonchev–Trinajstić information content (AvgIpc) is 3.40. The molecular weight excluding hydrogens is 649 g/mol. The number of ether oxygens (including phenoxy) is 1. The highest BCUT2D eigenvalue weighted by molar-refractivity contribution is 6.10. The fourth-order valence-corrected chi connectivity index (χ4v) is 12.0. The Labute approximate surface area is 308 Å². The first-order valence-corrected chi connectivity index (χ1v) is 19.3. The van der Waals surface area contributed by atoms with Crippen LogP contribution in [0, 0.1) is 33.5 Å². The Morgan fingerprint density at radius 1 is 0.904 bits per heavy atom. The molecular formula is C45H54N2O5. The van der Waals surface area contributed by atoms with Gasteiger partial charge in [0.25, 0.3) is 0 Å². The van der Waals surface area contributed by atoms with Gasteiger partial charge in [0, 0.05) is 40.0 Å². The summed E-state index contributed by atoms with van der Waals surface area (Å²) >= 11 is 0. The second-order valence-corrected chi connectivity index (χ2v) is 17.5. The first kappa shape index (κ1) is 35.1. The van der Waals surface area contributed by atoms with Crippen LogP contribution >= 0.6 is 0 Å². The molecule has 274 valence electrons. The molecule has 6 aliphatic carbocycles. The van der Waals surface area contributed by atoms with Crippen molar-refractivity contribution in [3.05, 3.63) is 102 Å². The highest BCUT2D eigenvalue weighted by Crippen LogP contribution is 2.78. The number of carbonyl (C=O) groups is 2. The van der Waals surface area contributed by atoms with E-state index in [-0.39, 0.29) is 41.7 Å². The smallest absolute Gasteiger partial charge is 0.317 e. The van der Waals surface area contributed by atoms with Crippen molar-refractivity contribution in [2.75, 3.05) is 13.7 Å². The molecule has 3 N–H and O–H groups in total. The van der Waals surface area contributed by atoms with Crippen molar-refractivity contribution in [2.45, 2.75) is 96.9 Å². The largest absolute Gasteiger partial charge is 0.497 e. The van der Waals surface area contributed by atoms with Crippen LogP contribution in [0.4, 0.5) is 4.79 Å². The quantitative estimate of drug-likeness (QED) is 0.162. The van der Waals surface area contributed by atoms with Crippen LogP contribution in [-0.2, 0) is 6.54 Å². The molecule has 6 aliphatic rings. The third kappa shape index (κ3) is 4.98. The number of hydrogen-bond donors (Lipinski definition) is 3. The van der Waals surface area contributed by atoms with Gasteiger partial charge < -0.3 is 25.2 Å². The lowest BCUT2D eigenvalue weighted by molar-refractivity contribution is -0.174. The molecule has 0 radical (unpaired) electrons. The molecule has 52 heavy (non-hydrogen) atoms. The van der Waals surface area contributed by atoms with E-state index in [0.717, 1.165) is 54.0 Å². The molecule has 3 aromatic carbocycles. The minimum absolute atomic E-state index is 0.0111. The van der Waals surface area contributed by atoms with E-state index in [0.29, 0.717) is 30.7 Å². The zero-order valence-electron chi connectivity index (χ0n) is 31.3. The van der Waals surface area contributed by atoms with Gasteiger partial charge in [-0.05, 0) is 117 Å². The average molecular weight is 703 g/mol.